The Hall–Kier alpha value is -0.440. The van der Waals surface area contributed by atoms with Crippen molar-refractivity contribution in [3.8, 4) is 0 Å². The van der Waals surface area contributed by atoms with Gasteiger partial charge in [0.15, 0.2) is 0 Å². The molecule has 136 valence electrons. The van der Waals surface area contributed by atoms with Crippen LogP contribution in [0.15, 0.2) is 12.2 Å². The van der Waals surface area contributed by atoms with Gasteiger partial charge in [0.05, 0.1) is 0 Å². The van der Waals surface area contributed by atoms with Crippen LogP contribution in [0.3, 0.4) is 0 Å². The number of carboxylic acids is 1. The van der Waals surface area contributed by atoms with Crippen LogP contribution in [-0.4, -0.2) is 15.8 Å². The van der Waals surface area contributed by atoms with Gasteiger partial charge < -0.3 is 5.11 Å². The number of carbonyl (C=O) groups is 1. The van der Waals surface area contributed by atoms with Crippen molar-refractivity contribution in [1.29, 1.82) is 0 Å². The molecule has 0 aliphatic rings. The average Bonchev–Trinajstić information content (AvgIpc) is 2.54. The van der Waals surface area contributed by atoms with Crippen molar-refractivity contribution in [1.82, 2.24) is 0 Å². The zero-order chi connectivity index (χ0) is 17.4. The maximum atomic E-state index is 11.1. The molecule has 0 fully saturated rings. The summed E-state index contributed by atoms with van der Waals surface area (Å²) in [4.78, 5) is 11.1. The van der Waals surface area contributed by atoms with E-state index in [4.69, 9.17) is 5.11 Å². The van der Waals surface area contributed by atoms with Crippen molar-refractivity contribution < 1.29 is 9.90 Å². The topological polar surface area (TPSA) is 37.3 Å². The first kappa shape index (κ1) is 22.6. The van der Waals surface area contributed by atoms with E-state index in [1.165, 1.54) is 57.8 Å². The van der Waals surface area contributed by atoms with E-state index in [2.05, 4.69) is 31.7 Å². The molecule has 0 aromatic rings. The molecule has 0 bridgehead atoms. The van der Waals surface area contributed by atoms with Crippen LogP contribution in [0.25, 0.3) is 0 Å². The number of carboxylic acid groups (broad SMARTS) is 1. The molecule has 0 aromatic carbocycles. The lowest BCUT2D eigenvalue weighted by Gasteiger charge is -2.21. The third kappa shape index (κ3) is 12.6. The lowest BCUT2D eigenvalue weighted by atomic mass is 9.97. The van der Waals surface area contributed by atoms with Crippen LogP contribution in [0.4, 0.5) is 0 Å². The van der Waals surface area contributed by atoms with Crippen LogP contribution in [0.1, 0.15) is 104 Å². The quantitative estimate of drug-likeness (QED) is 0.184. The van der Waals surface area contributed by atoms with Crippen LogP contribution in [0, 0.1) is 0 Å². The smallest absolute Gasteiger partial charge is 0.319 e. The van der Waals surface area contributed by atoms with Crippen molar-refractivity contribution in [2.45, 2.75) is 108 Å². The molecule has 0 aliphatic carbocycles. The highest BCUT2D eigenvalue weighted by Gasteiger charge is 2.31. The van der Waals surface area contributed by atoms with Gasteiger partial charge in [-0.25, -0.2) is 0 Å². The Morgan fingerprint density at radius 1 is 0.870 bits per heavy atom. The Kier molecular flexibility index (Phi) is 14.8. The molecule has 2 nitrogen and oxygen atoms in total. The number of thiol groups is 1. The molecule has 0 saturated carbocycles. The number of hydrogen-bond acceptors (Lipinski definition) is 2. The van der Waals surface area contributed by atoms with E-state index in [1.807, 2.05) is 6.92 Å². The third-order valence-electron chi connectivity index (χ3n) is 4.59. The number of unbranched alkanes of at least 4 members (excludes halogenated alkanes) is 10. The SMILES string of the molecule is CCCCCCCCC=CCCCCCCC(S)(CC)C(=O)O. The second-order valence-electron chi connectivity index (χ2n) is 6.67. The molecule has 0 radical (unpaired) electrons. The maximum Gasteiger partial charge on any atom is 0.319 e. The molecule has 0 saturated heterocycles. The van der Waals surface area contributed by atoms with Gasteiger partial charge in [-0.05, 0) is 38.5 Å². The fraction of sp³-hybridized carbons (Fsp3) is 0.850. The first-order chi connectivity index (χ1) is 11.1. The summed E-state index contributed by atoms with van der Waals surface area (Å²) in [5, 5.41) is 9.15. The number of allylic oxidation sites excluding steroid dienone is 2. The van der Waals surface area contributed by atoms with Gasteiger partial charge in [-0.15, -0.1) is 0 Å². The van der Waals surface area contributed by atoms with E-state index in [1.54, 1.807) is 0 Å². The first-order valence-electron chi connectivity index (χ1n) is 9.67. The van der Waals surface area contributed by atoms with Crippen LogP contribution in [-0.2, 0) is 4.79 Å². The summed E-state index contributed by atoms with van der Waals surface area (Å²) >= 11 is 4.32. The van der Waals surface area contributed by atoms with E-state index >= 15 is 0 Å². The Morgan fingerprint density at radius 3 is 1.83 bits per heavy atom. The van der Waals surface area contributed by atoms with E-state index in [-0.39, 0.29) is 0 Å². The molecule has 0 aliphatic heterocycles. The van der Waals surface area contributed by atoms with Crippen molar-refractivity contribution in [3.05, 3.63) is 12.2 Å². The predicted octanol–water partition coefficient (Wildman–Crippen LogP) is 6.80. The second kappa shape index (κ2) is 15.1. The molecule has 3 heteroatoms. The zero-order valence-electron chi connectivity index (χ0n) is 15.4. The van der Waals surface area contributed by atoms with Crippen molar-refractivity contribution >= 4 is 18.6 Å². The Bertz CT molecular complexity index is 315. The molecular formula is C20H38O2S. The Morgan fingerprint density at radius 2 is 1.35 bits per heavy atom. The highest BCUT2D eigenvalue weighted by atomic mass is 32.1. The molecule has 0 aromatic heterocycles. The molecule has 0 amide bonds. The van der Waals surface area contributed by atoms with Gasteiger partial charge >= 0.3 is 5.97 Å². The van der Waals surface area contributed by atoms with Gasteiger partial charge in [-0.1, -0.05) is 77.4 Å². The molecule has 23 heavy (non-hydrogen) atoms. The minimum Gasteiger partial charge on any atom is -0.480 e. The fourth-order valence-electron chi connectivity index (χ4n) is 2.75. The summed E-state index contributed by atoms with van der Waals surface area (Å²) in [6.45, 7) is 4.16. The van der Waals surface area contributed by atoms with E-state index in [0.717, 1.165) is 19.3 Å². The number of rotatable bonds is 16. The molecule has 1 atom stereocenters. The molecule has 0 spiro atoms. The normalized spacial score (nSPS) is 14.2. The summed E-state index contributed by atoms with van der Waals surface area (Å²) in [6.07, 6.45) is 21.0. The monoisotopic (exact) mass is 342 g/mol. The Balaban J connectivity index is 3.39. The highest BCUT2D eigenvalue weighted by Crippen LogP contribution is 2.26. The van der Waals surface area contributed by atoms with Crippen LogP contribution >= 0.6 is 12.6 Å². The summed E-state index contributed by atoms with van der Waals surface area (Å²) in [5.74, 6) is -0.777. The number of hydrogen-bond donors (Lipinski definition) is 2. The van der Waals surface area contributed by atoms with Crippen molar-refractivity contribution in [3.63, 3.8) is 0 Å². The molecule has 1 unspecified atom stereocenters. The summed E-state index contributed by atoms with van der Waals surface area (Å²) in [7, 11) is 0. The highest BCUT2D eigenvalue weighted by molar-refractivity contribution is 7.82. The summed E-state index contributed by atoms with van der Waals surface area (Å²) < 4.78 is -0.822. The molecule has 0 rings (SSSR count). The standard InChI is InChI=1S/C20H38O2S/c1-3-5-6-7-8-9-10-11-12-13-14-15-16-17-18-20(23,4-2)19(21)22/h11-12,23H,3-10,13-18H2,1-2H3,(H,21,22). The van der Waals surface area contributed by atoms with E-state index in [9.17, 15) is 4.79 Å². The lowest BCUT2D eigenvalue weighted by Crippen LogP contribution is -2.31. The van der Waals surface area contributed by atoms with Gasteiger partial charge in [0, 0.05) is 0 Å². The van der Waals surface area contributed by atoms with Gasteiger partial charge in [-0.2, -0.15) is 12.6 Å². The maximum absolute atomic E-state index is 11.1. The fourth-order valence-corrected chi connectivity index (χ4v) is 2.90. The van der Waals surface area contributed by atoms with Gasteiger partial charge in [0.25, 0.3) is 0 Å². The minimum absolute atomic E-state index is 0.590. The zero-order valence-corrected chi connectivity index (χ0v) is 16.3. The first-order valence-corrected chi connectivity index (χ1v) is 10.1. The predicted molar refractivity (Wildman–Crippen MR) is 104 cm³/mol. The molecule has 0 heterocycles. The largest absolute Gasteiger partial charge is 0.480 e. The number of aliphatic carboxylic acids is 1. The van der Waals surface area contributed by atoms with Gasteiger partial charge in [-0.3, -0.25) is 4.79 Å². The third-order valence-corrected chi connectivity index (χ3v) is 5.32. The van der Waals surface area contributed by atoms with Gasteiger partial charge in [0.2, 0.25) is 0 Å². The average molecular weight is 343 g/mol. The van der Waals surface area contributed by atoms with Crippen LogP contribution in [0.2, 0.25) is 0 Å². The van der Waals surface area contributed by atoms with Crippen LogP contribution < -0.4 is 0 Å². The molecular weight excluding hydrogens is 304 g/mol. The van der Waals surface area contributed by atoms with Crippen LogP contribution in [0.5, 0.6) is 0 Å². The summed E-state index contributed by atoms with van der Waals surface area (Å²) in [5.41, 5.74) is 0. The van der Waals surface area contributed by atoms with Crippen molar-refractivity contribution in [2.24, 2.45) is 0 Å². The summed E-state index contributed by atoms with van der Waals surface area (Å²) in [6, 6.07) is 0. The second-order valence-corrected chi connectivity index (χ2v) is 7.53. The lowest BCUT2D eigenvalue weighted by molar-refractivity contribution is -0.140. The van der Waals surface area contributed by atoms with E-state index < -0.39 is 10.7 Å². The van der Waals surface area contributed by atoms with Crippen molar-refractivity contribution in [2.75, 3.05) is 0 Å². The van der Waals surface area contributed by atoms with E-state index in [0.29, 0.717) is 12.8 Å². The van der Waals surface area contributed by atoms with Gasteiger partial charge in [0.1, 0.15) is 4.75 Å². The minimum atomic E-state index is -0.822. The molecule has 1 N–H and O–H groups in total. The Labute approximate surface area is 149 Å².